The predicted octanol–water partition coefficient (Wildman–Crippen LogP) is 2.44. The van der Waals surface area contributed by atoms with E-state index in [0.717, 1.165) is 5.56 Å². The molecule has 0 bridgehead atoms. The first-order valence-corrected chi connectivity index (χ1v) is 8.81. The van der Waals surface area contributed by atoms with Gasteiger partial charge in [0.1, 0.15) is 5.75 Å². The Bertz CT molecular complexity index is 830. The zero-order valence-corrected chi connectivity index (χ0v) is 14.6. The van der Waals surface area contributed by atoms with Gasteiger partial charge in [-0.15, -0.1) is 0 Å². The number of amides is 1. The van der Waals surface area contributed by atoms with Gasteiger partial charge in [0, 0.05) is 19.2 Å². The number of aryl methyl sites for hydroxylation is 1. The number of benzene rings is 2. The molecule has 0 unspecified atom stereocenters. The molecule has 0 aliphatic carbocycles. The van der Waals surface area contributed by atoms with E-state index in [-0.39, 0.29) is 17.3 Å². The van der Waals surface area contributed by atoms with Gasteiger partial charge in [0.25, 0.3) is 0 Å². The van der Waals surface area contributed by atoms with Crippen molar-refractivity contribution < 1.29 is 17.9 Å². The van der Waals surface area contributed by atoms with E-state index in [2.05, 4.69) is 10.0 Å². The zero-order valence-electron chi connectivity index (χ0n) is 13.8. The summed E-state index contributed by atoms with van der Waals surface area (Å²) >= 11 is 0. The number of nitrogens with one attached hydrogen (secondary N) is 2. The van der Waals surface area contributed by atoms with Gasteiger partial charge in [0.15, 0.2) is 0 Å². The highest BCUT2D eigenvalue weighted by Crippen LogP contribution is 2.20. The van der Waals surface area contributed by atoms with Crippen LogP contribution in [0, 0.1) is 6.92 Å². The Hall–Kier alpha value is -2.38. The molecule has 7 heteroatoms. The smallest absolute Gasteiger partial charge is 0.240 e. The molecule has 0 saturated carbocycles. The molecule has 0 saturated heterocycles. The van der Waals surface area contributed by atoms with Gasteiger partial charge in [-0.1, -0.05) is 12.1 Å². The maximum atomic E-state index is 12.4. The van der Waals surface area contributed by atoms with Crippen molar-refractivity contribution in [3.63, 3.8) is 0 Å². The summed E-state index contributed by atoms with van der Waals surface area (Å²) in [5, 5.41) is 2.65. The predicted molar refractivity (Wildman–Crippen MR) is 92.5 cm³/mol. The van der Waals surface area contributed by atoms with Gasteiger partial charge in [0.05, 0.1) is 12.0 Å². The van der Waals surface area contributed by atoms with Gasteiger partial charge in [-0.05, 0) is 48.4 Å². The third-order valence-electron chi connectivity index (χ3n) is 3.44. The molecule has 6 nitrogen and oxygen atoms in total. The minimum absolute atomic E-state index is 0.155. The minimum atomic E-state index is -3.64. The molecular formula is C17H20N2O4S. The normalized spacial score (nSPS) is 11.1. The van der Waals surface area contributed by atoms with Crippen molar-refractivity contribution >= 4 is 21.6 Å². The highest BCUT2D eigenvalue weighted by atomic mass is 32.2. The zero-order chi connectivity index (χ0) is 17.7. The van der Waals surface area contributed by atoms with E-state index >= 15 is 0 Å². The fourth-order valence-corrected chi connectivity index (χ4v) is 3.24. The number of carbonyl (C=O) groups excluding carboxylic acids is 1. The van der Waals surface area contributed by atoms with Crippen LogP contribution in [0.1, 0.15) is 18.1 Å². The summed E-state index contributed by atoms with van der Waals surface area (Å²) in [6, 6.07) is 11.7. The van der Waals surface area contributed by atoms with Crippen LogP contribution < -0.4 is 14.8 Å². The van der Waals surface area contributed by atoms with E-state index in [1.807, 2.05) is 0 Å². The van der Waals surface area contributed by atoms with Gasteiger partial charge >= 0.3 is 0 Å². The molecule has 1 amide bonds. The highest BCUT2D eigenvalue weighted by molar-refractivity contribution is 7.89. The molecule has 0 aliphatic heterocycles. The maximum absolute atomic E-state index is 12.4. The number of hydrogen-bond acceptors (Lipinski definition) is 4. The number of methoxy groups -OCH3 is 1. The topological polar surface area (TPSA) is 84.5 Å². The fraction of sp³-hybridized carbons (Fsp3) is 0.235. The van der Waals surface area contributed by atoms with E-state index in [9.17, 15) is 13.2 Å². The monoisotopic (exact) mass is 348 g/mol. The molecule has 2 N–H and O–H groups in total. The summed E-state index contributed by atoms with van der Waals surface area (Å²) in [6.45, 7) is 3.33. The Morgan fingerprint density at radius 3 is 2.33 bits per heavy atom. The van der Waals surface area contributed by atoms with Crippen LogP contribution in [0.4, 0.5) is 5.69 Å². The third-order valence-corrected chi connectivity index (χ3v) is 4.84. The summed E-state index contributed by atoms with van der Waals surface area (Å²) in [5.74, 6) is 0.511. The number of sulfonamides is 1. The largest absolute Gasteiger partial charge is 0.497 e. The molecule has 0 atom stereocenters. The van der Waals surface area contributed by atoms with E-state index in [4.69, 9.17) is 4.74 Å². The number of anilines is 1. The lowest BCUT2D eigenvalue weighted by Crippen LogP contribution is -2.23. The van der Waals surface area contributed by atoms with E-state index < -0.39 is 10.0 Å². The quantitative estimate of drug-likeness (QED) is 0.840. The van der Waals surface area contributed by atoms with Crippen LogP contribution in [0.5, 0.6) is 5.75 Å². The lowest BCUT2D eigenvalue weighted by molar-refractivity contribution is -0.114. The number of hydrogen-bond donors (Lipinski definition) is 2. The molecule has 2 rings (SSSR count). The second kappa shape index (κ2) is 7.46. The lowest BCUT2D eigenvalue weighted by atomic mass is 10.2. The van der Waals surface area contributed by atoms with E-state index in [1.54, 1.807) is 44.4 Å². The Kier molecular flexibility index (Phi) is 5.58. The number of carbonyl (C=O) groups is 1. The molecular weight excluding hydrogens is 328 g/mol. The first kappa shape index (κ1) is 18.0. The van der Waals surface area contributed by atoms with Crippen molar-refractivity contribution in [3.8, 4) is 5.75 Å². The van der Waals surface area contributed by atoms with Gasteiger partial charge in [-0.3, -0.25) is 4.79 Å². The van der Waals surface area contributed by atoms with Gasteiger partial charge < -0.3 is 10.1 Å². The highest BCUT2D eigenvalue weighted by Gasteiger charge is 2.15. The summed E-state index contributed by atoms with van der Waals surface area (Å²) in [4.78, 5) is 11.3. The first-order chi connectivity index (χ1) is 11.3. The van der Waals surface area contributed by atoms with Crippen LogP contribution in [0.3, 0.4) is 0 Å². The van der Waals surface area contributed by atoms with Crippen molar-refractivity contribution in [1.82, 2.24) is 4.72 Å². The second-order valence-corrected chi connectivity index (χ2v) is 7.10. The van der Waals surface area contributed by atoms with Crippen LogP contribution in [-0.2, 0) is 21.4 Å². The molecule has 0 aliphatic rings. The van der Waals surface area contributed by atoms with Crippen molar-refractivity contribution in [2.45, 2.75) is 25.3 Å². The second-order valence-electron chi connectivity index (χ2n) is 5.33. The van der Waals surface area contributed by atoms with Gasteiger partial charge in [-0.25, -0.2) is 13.1 Å². The van der Waals surface area contributed by atoms with Crippen LogP contribution >= 0.6 is 0 Å². The minimum Gasteiger partial charge on any atom is -0.497 e. The summed E-state index contributed by atoms with van der Waals surface area (Å²) in [7, 11) is -2.06. The molecule has 2 aromatic rings. The van der Waals surface area contributed by atoms with Crippen molar-refractivity contribution in [2.75, 3.05) is 12.4 Å². The van der Waals surface area contributed by atoms with Gasteiger partial charge in [0.2, 0.25) is 15.9 Å². The molecule has 0 aromatic heterocycles. The van der Waals surface area contributed by atoms with Crippen LogP contribution in [-0.4, -0.2) is 21.4 Å². The van der Waals surface area contributed by atoms with Crippen LogP contribution in [0.25, 0.3) is 0 Å². The SMILES string of the molecule is COc1ccc(CNS(=O)(=O)c2ccc(NC(C)=O)c(C)c2)cc1. The summed E-state index contributed by atoms with van der Waals surface area (Å²) in [5.41, 5.74) is 2.10. The number of ether oxygens (including phenoxy) is 1. The van der Waals surface area contributed by atoms with Crippen LogP contribution in [0.2, 0.25) is 0 Å². The Balaban J connectivity index is 2.11. The van der Waals surface area contributed by atoms with E-state index in [1.165, 1.54) is 19.1 Å². The van der Waals surface area contributed by atoms with E-state index in [0.29, 0.717) is 17.0 Å². The molecule has 0 spiro atoms. The molecule has 2 aromatic carbocycles. The Labute approximate surface area is 141 Å². The standard InChI is InChI=1S/C17H20N2O4S/c1-12-10-16(8-9-17(12)19-13(2)20)24(21,22)18-11-14-4-6-15(23-3)7-5-14/h4-10,18H,11H2,1-3H3,(H,19,20). The molecule has 0 radical (unpaired) electrons. The van der Waals surface area contributed by atoms with Crippen LogP contribution in [0.15, 0.2) is 47.4 Å². The average Bonchev–Trinajstić information content (AvgIpc) is 2.55. The molecule has 24 heavy (non-hydrogen) atoms. The van der Waals surface area contributed by atoms with Crippen molar-refractivity contribution in [2.24, 2.45) is 0 Å². The number of rotatable bonds is 6. The molecule has 128 valence electrons. The molecule has 0 heterocycles. The Morgan fingerprint density at radius 1 is 1.12 bits per heavy atom. The Morgan fingerprint density at radius 2 is 1.79 bits per heavy atom. The van der Waals surface area contributed by atoms with Crippen molar-refractivity contribution in [3.05, 3.63) is 53.6 Å². The maximum Gasteiger partial charge on any atom is 0.240 e. The van der Waals surface area contributed by atoms with Crippen molar-refractivity contribution in [1.29, 1.82) is 0 Å². The lowest BCUT2D eigenvalue weighted by Gasteiger charge is -2.11. The van der Waals surface area contributed by atoms with Gasteiger partial charge in [-0.2, -0.15) is 0 Å². The fourth-order valence-electron chi connectivity index (χ4n) is 2.14. The molecule has 0 fully saturated rings. The first-order valence-electron chi connectivity index (χ1n) is 7.32. The summed E-state index contributed by atoms with van der Waals surface area (Å²) in [6.07, 6.45) is 0. The third kappa shape index (κ3) is 4.56. The summed E-state index contributed by atoms with van der Waals surface area (Å²) < 4.78 is 32.4. The average molecular weight is 348 g/mol.